The van der Waals surface area contributed by atoms with Crippen molar-refractivity contribution in [2.75, 3.05) is 26.2 Å². The highest BCUT2D eigenvalue weighted by molar-refractivity contribution is 7.13. The summed E-state index contributed by atoms with van der Waals surface area (Å²) in [5, 5.41) is 17.3. The van der Waals surface area contributed by atoms with E-state index in [9.17, 15) is 4.79 Å². The lowest BCUT2D eigenvalue weighted by Crippen LogP contribution is -2.41. The number of aromatic nitrogens is 2. The molecular weight excluding hydrogens is 376 g/mol. The van der Waals surface area contributed by atoms with Crippen LogP contribution >= 0.6 is 11.3 Å². The monoisotopic (exact) mass is 398 g/mol. The molecule has 7 nitrogen and oxygen atoms in total. The summed E-state index contributed by atoms with van der Waals surface area (Å²) in [7, 11) is 0. The van der Waals surface area contributed by atoms with Crippen molar-refractivity contribution in [3.63, 3.8) is 0 Å². The molecule has 2 N–H and O–H groups in total. The van der Waals surface area contributed by atoms with Crippen LogP contribution in [-0.4, -0.2) is 69.7 Å². The van der Waals surface area contributed by atoms with Crippen molar-refractivity contribution in [3.8, 4) is 10.4 Å². The van der Waals surface area contributed by atoms with Gasteiger partial charge in [0, 0.05) is 42.5 Å². The first-order valence-corrected chi connectivity index (χ1v) is 10.2. The Balaban J connectivity index is 0.000000604. The van der Waals surface area contributed by atoms with Gasteiger partial charge in [0.05, 0.1) is 5.52 Å². The highest BCUT2D eigenvalue weighted by atomic mass is 32.1. The summed E-state index contributed by atoms with van der Waals surface area (Å²) in [4.78, 5) is 27.3. The summed E-state index contributed by atoms with van der Waals surface area (Å²) in [6.45, 7) is 3.76. The summed E-state index contributed by atoms with van der Waals surface area (Å²) in [6, 6.07) is 10.7. The molecule has 0 radical (unpaired) electrons. The Kier molecular flexibility index (Phi) is 5.40. The van der Waals surface area contributed by atoms with Gasteiger partial charge in [0.25, 0.3) is 12.4 Å². The van der Waals surface area contributed by atoms with Crippen LogP contribution in [0.25, 0.3) is 21.3 Å². The minimum atomic E-state index is -0.250. The Bertz CT molecular complexity index is 961. The smallest absolute Gasteiger partial charge is 0.290 e. The number of carboxylic acid groups (broad SMARTS) is 1. The van der Waals surface area contributed by atoms with Crippen LogP contribution in [0.15, 0.2) is 35.7 Å². The van der Waals surface area contributed by atoms with Crippen molar-refractivity contribution in [3.05, 3.63) is 41.4 Å². The number of aromatic amines is 1. The molecule has 3 aliphatic heterocycles. The van der Waals surface area contributed by atoms with Crippen LogP contribution in [-0.2, 0) is 4.79 Å². The third kappa shape index (κ3) is 3.53. The average molecular weight is 398 g/mol. The molecule has 0 aliphatic carbocycles. The van der Waals surface area contributed by atoms with Crippen molar-refractivity contribution in [1.29, 1.82) is 0 Å². The second-order valence-electron chi connectivity index (χ2n) is 6.99. The fourth-order valence-electron chi connectivity index (χ4n) is 4.07. The minimum absolute atomic E-state index is 0.0730. The molecule has 2 aromatic heterocycles. The van der Waals surface area contributed by atoms with E-state index in [-0.39, 0.29) is 12.4 Å². The zero-order chi connectivity index (χ0) is 19.5. The van der Waals surface area contributed by atoms with Gasteiger partial charge in [0.2, 0.25) is 0 Å². The van der Waals surface area contributed by atoms with Gasteiger partial charge in [0.1, 0.15) is 0 Å². The maximum atomic E-state index is 13.2. The van der Waals surface area contributed by atoms with Crippen LogP contribution in [0.4, 0.5) is 0 Å². The molecule has 1 amide bonds. The Hall–Kier alpha value is -2.71. The normalized spacial score (nSPS) is 21.1. The number of fused-ring (bicyclic) bond motifs is 5. The number of thiophene rings is 1. The molecule has 3 fully saturated rings. The zero-order valence-corrected chi connectivity index (χ0v) is 16.2. The van der Waals surface area contributed by atoms with E-state index in [1.165, 1.54) is 4.88 Å². The molecule has 6 rings (SSSR count). The lowest BCUT2D eigenvalue weighted by Gasteiger charge is -2.31. The van der Waals surface area contributed by atoms with Crippen LogP contribution in [0.1, 0.15) is 23.3 Å². The van der Waals surface area contributed by atoms with Gasteiger partial charge in [-0.1, -0.05) is 12.1 Å². The van der Waals surface area contributed by atoms with Gasteiger partial charge >= 0.3 is 0 Å². The molecule has 0 atom stereocenters. The van der Waals surface area contributed by atoms with E-state index >= 15 is 0 Å². The second-order valence-corrected chi connectivity index (χ2v) is 7.93. The first-order chi connectivity index (χ1) is 13.7. The first-order valence-electron chi connectivity index (χ1n) is 9.34. The van der Waals surface area contributed by atoms with Gasteiger partial charge in [-0.15, -0.1) is 11.3 Å². The topological polar surface area (TPSA) is 89.5 Å². The molecule has 0 spiro atoms. The number of nitrogens with one attached hydrogen (secondary N) is 1. The molecule has 146 valence electrons. The Morgan fingerprint density at radius 2 is 2.00 bits per heavy atom. The molecule has 0 unspecified atom stereocenters. The van der Waals surface area contributed by atoms with Crippen molar-refractivity contribution >= 4 is 34.6 Å². The fourth-order valence-corrected chi connectivity index (χ4v) is 4.79. The van der Waals surface area contributed by atoms with Gasteiger partial charge in [-0.05, 0) is 42.0 Å². The standard InChI is InChI=1S/C19H20N4OS.CH2O2/c24-19(23-10-9-22-7-5-14(23)6-8-22)18-15-4-3-13(12-16(15)20-21-18)17-2-1-11-25-17;2-1-3/h1-4,11-12,14H,5-10H2,(H,20,21);1H,(H,2,3). The van der Waals surface area contributed by atoms with Gasteiger partial charge in [-0.2, -0.15) is 5.10 Å². The maximum Gasteiger partial charge on any atom is 0.290 e. The Morgan fingerprint density at radius 3 is 2.71 bits per heavy atom. The number of hydrogen-bond acceptors (Lipinski definition) is 5. The average Bonchev–Trinajstić information content (AvgIpc) is 3.30. The predicted octanol–water partition coefficient (Wildman–Crippen LogP) is 2.91. The van der Waals surface area contributed by atoms with Crippen LogP contribution in [0.2, 0.25) is 0 Å². The number of nitrogens with zero attached hydrogens (tertiary/aromatic N) is 3. The SMILES string of the molecule is O=C(c1n[nH]c2cc(-c3cccs3)ccc12)N1CCN2CCC1CC2.O=CO. The van der Waals surface area contributed by atoms with Crippen molar-refractivity contribution in [1.82, 2.24) is 20.0 Å². The number of hydrogen-bond donors (Lipinski definition) is 2. The molecule has 3 saturated heterocycles. The van der Waals surface area contributed by atoms with E-state index in [1.54, 1.807) is 11.3 Å². The van der Waals surface area contributed by atoms with E-state index in [1.807, 2.05) is 6.07 Å². The van der Waals surface area contributed by atoms with E-state index in [4.69, 9.17) is 9.90 Å². The van der Waals surface area contributed by atoms with E-state index in [2.05, 4.69) is 49.6 Å². The third-order valence-electron chi connectivity index (χ3n) is 5.49. The minimum Gasteiger partial charge on any atom is -0.483 e. The highest BCUT2D eigenvalue weighted by Crippen LogP contribution is 2.29. The fraction of sp³-hybridized carbons (Fsp3) is 0.350. The Labute approximate surface area is 166 Å². The number of carbonyl (C=O) groups excluding carboxylic acids is 1. The molecule has 8 heteroatoms. The molecule has 3 aromatic rings. The van der Waals surface area contributed by atoms with E-state index in [0.29, 0.717) is 11.7 Å². The summed E-state index contributed by atoms with van der Waals surface area (Å²) in [6.07, 6.45) is 2.16. The number of carbonyl (C=O) groups is 2. The van der Waals surface area contributed by atoms with Crippen molar-refractivity contribution in [2.45, 2.75) is 18.9 Å². The number of benzene rings is 1. The summed E-state index contributed by atoms with van der Waals surface area (Å²) in [5.74, 6) is 0.0730. The largest absolute Gasteiger partial charge is 0.483 e. The molecule has 2 bridgehead atoms. The Morgan fingerprint density at radius 1 is 1.21 bits per heavy atom. The molecule has 5 heterocycles. The second kappa shape index (κ2) is 8.12. The zero-order valence-electron chi connectivity index (χ0n) is 15.4. The van der Waals surface area contributed by atoms with Crippen molar-refractivity contribution < 1.29 is 14.7 Å². The van der Waals surface area contributed by atoms with Gasteiger partial charge < -0.3 is 14.9 Å². The van der Waals surface area contributed by atoms with Gasteiger partial charge in [-0.3, -0.25) is 14.7 Å². The summed E-state index contributed by atoms with van der Waals surface area (Å²) >= 11 is 1.72. The van der Waals surface area contributed by atoms with Gasteiger partial charge in [0.15, 0.2) is 5.69 Å². The number of rotatable bonds is 2. The quantitative estimate of drug-likeness (QED) is 0.648. The molecule has 3 aliphatic rings. The summed E-state index contributed by atoms with van der Waals surface area (Å²) in [5.41, 5.74) is 2.65. The molecular formula is C20H22N4O3S. The lowest BCUT2D eigenvalue weighted by atomic mass is 10.0. The summed E-state index contributed by atoms with van der Waals surface area (Å²) < 4.78 is 0. The van der Waals surface area contributed by atoms with Crippen LogP contribution in [0.3, 0.4) is 0 Å². The lowest BCUT2D eigenvalue weighted by molar-refractivity contribution is -0.122. The molecule has 1 aromatic carbocycles. The maximum absolute atomic E-state index is 13.2. The van der Waals surface area contributed by atoms with Crippen LogP contribution in [0.5, 0.6) is 0 Å². The predicted molar refractivity (Wildman–Crippen MR) is 109 cm³/mol. The van der Waals surface area contributed by atoms with Crippen LogP contribution in [0, 0.1) is 0 Å². The van der Waals surface area contributed by atoms with E-state index < -0.39 is 0 Å². The third-order valence-corrected chi connectivity index (χ3v) is 6.41. The van der Waals surface area contributed by atoms with Crippen molar-refractivity contribution in [2.24, 2.45) is 0 Å². The number of H-pyrrole nitrogens is 1. The molecule has 0 saturated carbocycles. The van der Waals surface area contributed by atoms with E-state index in [0.717, 1.165) is 55.5 Å². The van der Waals surface area contributed by atoms with Gasteiger partial charge in [-0.25, -0.2) is 0 Å². The molecule has 28 heavy (non-hydrogen) atoms. The first kappa shape index (κ1) is 18.6. The number of piperidine rings is 1. The highest BCUT2D eigenvalue weighted by Gasteiger charge is 2.33. The number of amides is 1. The van der Waals surface area contributed by atoms with Crippen LogP contribution < -0.4 is 0 Å².